The van der Waals surface area contributed by atoms with Crippen molar-refractivity contribution in [3.05, 3.63) is 59.2 Å². The molecule has 1 heterocycles. The molecule has 0 amide bonds. The topological polar surface area (TPSA) is 76.5 Å². The van der Waals surface area contributed by atoms with Gasteiger partial charge in [-0.1, -0.05) is 44.2 Å². The Morgan fingerprint density at radius 3 is 2.57 bits per heavy atom. The van der Waals surface area contributed by atoms with Gasteiger partial charge in [-0.25, -0.2) is 4.39 Å². The van der Waals surface area contributed by atoms with Crippen molar-refractivity contribution < 1.29 is 21.5 Å². The Hall–Kier alpha value is -2.25. The minimum atomic E-state index is -4.65. The summed E-state index contributed by atoms with van der Waals surface area (Å²) < 4.78 is 48.9. The molecule has 2 aromatic rings. The maximum Gasteiger partial charge on any atom is 0.446 e. The predicted octanol–water partition coefficient (Wildman–Crippen LogP) is 3.70. The van der Waals surface area contributed by atoms with Gasteiger partial charge in [0.25, 0.3) is 0 Å². The molecule has 0 bridgehead atoms. The number of benzene rings is 1. The fourth-order valence-electron chi connectivity index (χ4n) is 1.97. The average molecular weight is 337 g/mol. The van der Waals surface area contributed by atoms with Crippen LogP contribution in [0.2, 0.25) is 0 Å². The number of halogens is 1. The van der Waals surface area contributed by atoms with E-state index in [9.17, 15) is 12.8 Å². The Labute approximate surface area is 134 Å². The smallest absolute Gasteiger partial charge is 0.360 e. The van der Waals surface area contributed by atoms with Gasteiger partial charge in [-0.3, -0.25) is 9.54 Å². The van der Waals surface area contributed by atoms with Gasteiger partial charge in [-0.2, -0.15) is 8.42 Å². The van der Waals surface area contributed by atoms with Crippen LogP contribution in [0.5, 0.6) is 5.75 Å². The number of hydrogen-bond acceptors (Lipinski definition) is 4. The summed E-state index contributed by atoms with van der Waals surface area (Å²) in [6, 6.07) is 7.66. The molecule has 0 spiro atoms. The van der Waals surface area contributed by atoms with Crippen molar-refractivity contribution in [3.63, 3.8) is 0 Å². The van der Waals surface area contributed by atoms with Crippen molar-refractivity contribution in [1.82, 2.24) is 4.98 Å². The fourth-order valence-corrected chi connectivity index (χ4v) is 2.33. The van der Waals surface area contributed by atoms with E-state index in [2.05, 4.69) is 9.17 Å². The van der Waals surface area contributed by atoms with Crippen LogP contribution in [-0.2, 0) is 10.4 Å². The summed E-state index contributed by atoms with van der Waals surface area (Å²) in [5.74, 6) is -0.528. The third-order valence-electron chi connectivity index (χ3n) is 3.01. The number of rotatable bonds is 5. The molecule has 0 fully saturated rings. The van der Waals surface area contributed by atoms with Crippen LogP contribution >= 0.6 is 0 Å². The first-order chi connectivity index (χ1) is 10.8. The summed E-state index contributed by atoms with van der Waals surface area (Å²) in [5, 5.41) is 0. The van der Waals surface area contributed by atoms with Crippen molar-refractivity contribution in [2.24, 2.45) is 0 Å². The highest BCUT2D eigenvalue weighted by Crippen LogP contribution is 2.27. The Kier molecular flexibility index (Phi) is 5.12. The molecule has 0 atom stereocenters. The van der Waals surface area contributed by atoms with Gasteiger partial charge in [0.2, 0.25) is 0 Å². The summed E-state index contributed by atoms with van der Waals surface area (Å²) in [6.45, 7) is 3.63. The zero-order chi connectivity index (χ0) is 17.0. The second kappa shape index (κ2) is 6.89. The SMILES string of the molecule is CC(C)c1ncc(/C=C/c2ccccc2F)cc1OS(=O)(=O)O. The number of pyridine rings is 1. The van der Waals surface area contributed by atoms with Crippen molar-refractivity contribution in [3.8, 4) is 5.75 Å². The van der Waals surface area contributed by atoms with Crippen molar-refractivity contribution in [2.45, 2.75) is 19.8 Å². The normalized spacial score (nSPS) is 12.0. The Balaban J connectivity index is 2.37. The second-order valence-corrected chi connectivity index (χ2v) is 6.19. The summed E-state index contributed by atoms with van der Waals surface area (Å²) in [7, 11) is -4.65. The van der Waals surface area contributed by atoms with Crippen LogP contribution in [0.4, 0.5) is 4.39 Å². The van der Waals surface area contributed by atoms with Crippen LogP contribution in [0.15, 0.2) is 36.5 Å². The monoisotopic (exact) mass is 337 g/mol. The average Bonchev–Trinajstić information content (AvgIpc) is 2.44. The molecular weight excluding hydrogens is 321 g/mol. The van der Waals surface area contributed by atoms with Gasteiger partial charge >= 0.3 is 10.4 Å². The molecule has 0 unspecified atom stereocenters. The third kappa shape index (κ3) is 4.87. The van der Waals surface area contributed by atoms with E-state index in [1.807, 2.05) is 13.8 Å². The van der Waals surface area contributed by atoms with Crippen LogP contribution in [0, 0.1) is 5.82 Å². The lowest BCUT2D eigenvalue weighted by atomic mass is 10.1. The molecule has 1 aromatic carbocycles. The van der Waals surface area contributed by atoms with Gasteiger partial charge in [-0.15, -0.1) is 0 Å². The molecule has 0 radical (unpaired) electrons. The lowest BCUT2D eigenvalue weighted by molar-refractivity contribution is 0.383. The summed E-state index contributed by atoms with van der Waals surface area (Å²) in [4.78, 5) is 4.15. The summed E-state index contributed by atoms with van der Waals surface area (Å²) in [5.41, 5.74) is 1.29. The highest BCUT2D eigenvalue weighted by atomic mass is 32.3. The maximum atomic E-state index is 13.6. The molecule has 1 aromatic heterocycles. The molecule has 7 heteroatoms. The van der Waals surface area contributed by atoms with Gasteiger partial charge in [0, 0.05) is 11.8 Å². The van der Waals surface area contributed by atoms with E-state index in [4.69, 9.17) is 4.55 Å². The molecule has 0 aliphatic heterocycles. The van der Waals surface area contributed by atoms with Gasteiger partial charge in [0.05, 0.1) is 5.69 Å². The largest absolute Gasteiger partial charge is 0.446 e. The third-order valence-corrected chi connectivity index (χ3v) is 3.40. The van der Waals surface area contributed by atoms with Crippen LogP contribution < -0.4 is 4.18 Å². The highest BCUT2D eigenvalue weighted by Gasteiger charge is 2.15. The lowest BCUT2D eigenvalue weighted by Gasteiger charge is -2.11. The van der Waals surface area contributed by atoms with Crippen LogP contribution in [0.1, 0.15) is 36.6 Å². The molecule has 1 N–H and O–H groups in total. The fraction of sp³-hybridized carbons (Fsp3) is 0.188. The second-order valence-electron chi connectivity index (χ2n) is 5.17. The summed E-state index contributed by atoms with van der Waals surface area (Å²) in [6.07, 6.45) is 4.63. The van der Waals surface area contributed by atoms with E-state index >= 15 is 0 Å². The minimum Gasteiger partial charge on any atom is -0.360 e. The zero-order valence-electron chi connectivity index (χ0n) is 12.6. The van der Waals surface area contributed by atoms with Crippen LogP contribution in [-0.4, -0.2) is 18.0 Å². The first-order valence-electron chi connectivity index (χ1n) is 6.85. The Bertz CT molecular complexity index is 832. The molecule has 0 saturated heterocycles. The van der Waals surface area contributed by atoms with E-state index in [0.29, 0.717) is 16.8 Å². The highest BCUT2D eigenvalue weighted by molar-refractivity contribution is 7.81. The van der Waals surface area contributed by atoms with Crippen molar-refractivity contribution >= 4 is 22.6 Å². The molecule has 0 aliphatic rings. The Morgan fingerprint density at radius 2 is 1.96 bits per heavy atom. The molecule has 5 nitrogen and oxygen atoms in total. The number of hydrogen-bond donors (Lipinski definition) is 1. The van der Waals surface area contributed by atoms with E-state index in [1.54, 1.807) is 30.4 Å². The molecule has 2 rings (SSSR count). The molecule has 0 saturated carbocycles. The quantitative estimate of drug-likeness (QED) is 0.842. The standard InChI is InChI=1S/C16H16FNO4S/c1-11(2)16-15(22-23(19,20)21)9-12(10-18-16)7-8-13-5-3-4-6-14(13)17/h3-11H,1-2H3,(H,19,20,21)/b8-7+. The number of nitrogens with zero attached hydrogens (tertiary/aromatic N) is 1. The van der Waals surface area contributed by atoms with Gasteiger partial charge < -0.3 is 4.18 Å². The lowest BCUT2D eigenvalue weighted by Crippen LogP contribution is -2.10. The molecule has 122 valence electrons. The maximum absolute atomic E-state index is 13.6. The van der Waals surface area contributed by atoms with Crippen molar-refractivity contribution in [1.29, 1.82) is 0 Å². The predicted molar refractivity (Wildman–Crippen MR) is 85.8 cm³/mol. The molecule has 0 aliphatic carbocycles. The van der Waals surface area contributed by atoms with E-state index in [0.717, 1.165) is 0 Å². The van der Waals surface area contributed by atoms with Gasteiger partial charge in [-0.05, 0) is 23.6 Å². The first-order valence-corrected chi connectivity index (χ1v) is 8.22. The van der Waals surface area contributed by atoms with Crippen LogP contribution in [0.3, 0.4) is 0 Å². The molecule has 23 heavy (non-hydrogen) atoms. The molecular formula is C16H16FNO4S. The summed E-state index contributed by atoms with van der Waals surface area (Å²) >= 11 is 0. The van der Waals surface area contributed by atoms with Crippen molar-refractivity contribution in [2.75, 3.05) is 0 Å². The van der Waals surface area contributed by atoms with Crippen LogP contribution in [0.25, 0.3) is 12.2 Å². The van der Waals surface area contributed by atoms with E-state index in [1.165, 1.54) is 18.3 Å². The van der Waals surface area contributed by atoms with E-state index < -0.39 is 10.4 Å². The first kappa shape index (κ1) is 17.1. The number of aromatic nitrogens is 1. The zero-order valence-corrected chi connectivity index (χ0v) is 13.4. The van der Waals surface area contributed by atoms with Gasteiger partial charge in [0.15, 0.2) is 5.75 Å². The van der Waals surface area contributed by atoms with E-state index in [-0.39, 0.29) is 17.5 Å². The minimum absolute atomic E-state index is 0.0572. The Morgan fingerprint density at radius 1 is 1.26 bits per heavy atom. The van der Waals surface area contributed by atoms with Gasteiger partial charge in [0.1, 0.15) is 5.82 Å².